The minimum Gasteiger partial charge on any atom is -0.497 e. The van der Waals surface area contributed by atoms with E-state index in [9.17, 15) is 36.6 Å². The normalized spacial score (nSPS) is 15.2. The first kappa shape index (κ1) is 24.8. The third-order valence-corrected chi connectivity index (χ3v) is 7.13. The molecule has 184 valence electrons. The first-order valence-corrected chi connectivity index (χ1v) is 11.3. The number of carboxylic acid groups (broad SMARTS) is 1. The Balaban J connectivity index is 2.05. The maximum Gasteiger partial charge on any atom is 0.416 e. The van der Waals surface area contributed by atoms with Crippen LogP contribution in [0.2, 0.25) is 0 Å². The Hall–Kier alpha value is -3.34. The number of rotatable bonds is 5. The molecular formula is C24H18F5NO4S. The molecule has 5 nitrogen and oxygen atoms in total. The zero-order valence-corrected chi connectivity index (χ0v) is 19.2. The van der Waals surface area contributed by atoms with Gasteiger partial charge in [0, 0.05) is 23.3 Å². The average Bonchev–Trinajstić information content (AvgIpc) is 3.24. The van der Waals surface area contributed by atoms with Crippen LogP contribution < -0.4 is 10.3 Å². The molecule has 0 radical (unpaired) electrons. The molecular weight excluding hydrogens is 493 g/mol. The number of methoxy groups -OCH3 is 1. The number of carbonyl (C=O) groups is 1. The second kappa shape index (κ2) is 9.03. The van der Waals surface area contributed by atoms with Crippen LogP contribution in [0.1, 0.15) is 28.3 Å². The van der Waals surface area contributed by atoms with Gasteiger partial charge in [-0.25, -0.2) is 13.6 Å². The molecule has 0 fully saturated rings. The van der Waals surface area contributed by atoms with Gasteiger partial charge in [-0.2, -0.15) is 13.2 Å². The smallest absolute Gasteiger partial charge is 0.416 e. The van der Waals surface area contributed by atoms with Gasteiger partial charge >= 0.3 is 12.1 Å². The van der Waals surface area contributed by atoms with Gasteiger partial charge in [0.05, 0.1) is 23.3 Å². The number of carboxylic acids is 1. The summed E-state index contributed by atoms with van der Waals surface area (Å²) in [5.41, 5.74) is -2.83. The summed E-state index contributed by atoms with van der Waals surface area (Å²) in [5.74, 6) is -3.09. The molecule has 1 aromatic heterocycles. The lowest BCUT2D eigenvalue weighted by atomic mass is 9.92. The predicted molar refractivity (Wildman–Crippen MR) is 119 cm³/mol. The largest absolute Gasteiger partial charge is 0.497 e. The summed E-state index contributed by atoms with van der Waals surface area (Å²) in [4.78, 5) is 25.3. The number of thioether (sulfide) groups is 1. The Bertz CT molecular complexity index is 1400. The Labute approximate surface area is 200 Å². The van der Waals surface area contributed by atoms with Gasteiger partial charge in [-0.15, -0.1) is 11.8 Å². The van der Waals surface area contributed by atoms with Gasteiger partial charge in [0.15, 0.2) is 0 Å². The van der Waals surface area contributed by atoms with E-state index in [1.807, 2.05) is 0 Å². The van der Waals surface area contributed by atoms with Crippen LogP contribution in [0.3, 0.4) is 0 Å². The van der Waals surface area contributed by atoms with E-state index < -0.39 is 52.9 Å². The molecule has 1 atom stereocenters. The van der Waals surface area contributed by atoms with Crippen molar-refractivity contribution in [2.45, 2.75) is 30.6 Å². The molecule has 0 spiro atoms. The van der Waals surface area contributed by atoms with Gasteiger partial charge in [0.25, 0.3) is 5.56 Å². The summed E-state index contributed by atoms with van der Waals surface area (Å²) in [5, 5.41) is 9.77. The molecule has 1 unspecified atom stereocenters. The third kappa shape index (κ3) is 4.29. The van der Waals surface area contributed by atoms with Crippen molar-refractivity contribution in [2.75, 3.05) is 12.9 Å². The Kier molecular flexibility index (Phi) is 6.39. The SMILES string of the molecule is COc1ccc(F)c(-c2c(C)c(Cc3c(F)cccc3C(F)(F)F)c3n(c2=O)C(C(=O)O)CS3)c1. The first-order valence-electron chi connectivity index (χ1n) is 10.3. The topological polar surface area (TPSA) is 68.5 Å². The number of halogens is 5. The highest BCUT2D eigenvalue weighted by atomic mass is 32.2. The number of aromatic nitrogens is 1. The highest BCUT2D eigenvalue weighted by Gasteiger charge is 2.38. The van der Waals surface area contributed by atoms with Crippen molar-refractivity contribution in [1.29, 1.82) is 0 Å². The zero-order chi connectivity index (χ0) is 25.7. The number of pyridine rings is 1. The quantitative estimate of drug-likeness (QED) is 0.462. The number of nitrogens with zero attached hydrogens (tertiary/aromatic N) is 1. The number of alkyl halides is 3. The molecule has 3 aromatic rings. The molecule has 0 saturated heterocycles. The lowest BCUT2D eigenvalue weighted by Crippen LogP contribution is -2.31. The summed E-state index contributed by atoms with van der Waals surface area (Å²) in [6.07, 6.45) is -5.43. The molecule has 4 rings (SSSR count). The van der Waals surface area contributed by atoms with E-state index in [0.717, 1.165) is 40.6 Å². The van der Waals surface area contributed by atoms with E-state index in [1.54, 1.807) is 0 Å². The fraction of sp³-hybridized carbons (Fsp3) is 0.250. The van der Waals surface area contributed by atoms with Gasteiger partial charge in [-0.1, -0.05) is 6.07 Å². The monoisotopic (exact) mass is 511 g/mol. The summed E-state index contributed by atoms with van der Waals surface area (Å²) in [6.45, 7) is 1.43. The molecule has 1 aliphatic heterocycles. The molecule has 2 aromatic carbocycles. The van der Waals surface area contributed by atoms with Gasteiger partial charge in [0.2, 0.25) is 0 Å². The van der Waals surface area contributed by atoms with Crippen LogP contribution in [-0.4, -0.2) is 28.5 Å². The van der Waals surface area contributed by atoms with Crippen molar-refractivity contribution in [1.82, 2.24) is 4.57 Å². The van der Waals surface area contributed by atoms with Crippen LogP contribution in [-0.2, 0) is 17.4 Å². The Morgan fingerprint density at radius 2 is 1.89 bits per heavy atom. The summed E-state index contributed by atoms with van der Waals surface area (Å²) < 4.78 is 76.5. The Morgan fingerprint density at radius 1 is 1.17 bits per heavy atom. The Morgan fingerprint density at radius 3 is 2.51 bits per heavy atom. The maximum atomic E-state index is 14.9. The van der Waals surface area contributed by atoms with E-state index in [0.29, 0.717) is 0 Å². The van der Waals surface area contributed by atoms with Crippen molar-refractivity contribution in [2.24, 2.45) is 0 Å². The molecule has 2 heterocycles. The van der Waals surface area contributed by atoms with Crippen molar-refractivity contribution < 1.29 is 36.6 Å². The highest BCUT2D eigenvalue weighted by molar-refractivity contribution is 7.99. The van der Waals surface area contributed by atoms with Crippen molar-refractivity contribution in [3.8, 4) is 16.9 Å². The van der Waals surface area contributed by atoms with E-state index in [-0.39, 0.29) is 38.8 Å². The number of ether oxygens (including phenoxy) is 1. The lowest BCUT2D eigenvalue weighted by molar-refractivity contribution is -0.140. The second-order valence-electron chi connectivity index (χ2n) is 7.91. The van der Waals surface area contributed by atoms with Gasteiger partial charge < -0.3 is 9.84 Å². The van der Waals surface area contributed by atoms with E-state index in [1.165, 1.54) is 26.2 Å². The second-order valence-corrected chi connectivity index (χ2v) is 8.92. The van der Waals surface area contributed by atoms with Gasteiger partial charge in [-0.05, 0) is 48.4 Å². The molecule has 0 amide bonds. The highest BCUT2D eigenvalue weighted by Crippen LogP contribution is 2.42. The summed E-state index contributed by atoms with van der Waals surface area (Å²) in [6, 6.07) is 4.90. The molecule has 11 heteroatoms. The molecule has 0 saturated carbocycles. The van der Waals surface area contributed by atoms with Crippen molar-refractivity contribution >= 4 is 17.7 Å². The van der Waals surface area contributed by atoms with Gasteiger partial charge in [-0.3, -0.25) is 9.36 Å². The minimum absolute atomic E-state index is 0.0650. The molecule has 0 aliphatic carbocycles. The number of fused-ring (bicyclic) bond motifs is 1. The van der Waals surface area contributed by atoms with E-state index >= 15 is 0 Å². The number of benzene rings is 2. The fourth-order valence-corrected chi connectivity index (χ4v) is 5.57. The van der Waals surface area contributed by atoms with Crippen LogP contribution in [0.4, 0.5) is 22.0 Å². The van der Waals surface area contributed by atoms with Crippen LogP contribution >= 0.6 is 11.8 Å². The summed E-state index contributed by atoms with van der Waals surface area (Å²) >= 11 is 0.973. The van der Waals surface area contributed by atoms with E-state index in [4.69, 9.17) is 4.74 Å². The number of hydrogen-bond acceptors (Lipinski definition) is 4. The maximum absolute atomic E-state index is 14.9. The van der Waals surface area contributed by atoms with Crippen LogP contribution in [0.25, 0.3) is 11.1 Å². The minimum atomic E-state index is -4.85. The first-order chi connectivity index (χ1) is 16.5. The molecule has 1 aliphatic rings. The standard InChI is InChI=1S/C24H18F5NO4S/c1-11-13(9-14-16(24(27,28)29)4-3-5-17(14)25)22-30(19(10-35-22)23(32)33)21(31)20(11)15-8-12(34-2)6-7-18(15)26/h3-8,19H,9-10H2,1-2H3,(H,32,33). The van der Waals surface area contributed by atoms with E-state index in [2.05, 4.69) is 0 Å². The van der Waals surface area contributed by atoms with Crippen LogP contribution in [0.15, 0.2) is 46.2 Å². The third-order valence-electron chi connectivity index (χ3n) is 5.93. The fourth-order valence-electron chi connectivity index (χ4n) is 4.21. The lowest BCUT2D eigenvalue weighted by Gasteiger charge is -2.21. The molecule has 35 heavy (non-hydrogen) atoms. The number of aliphatic carboxylic acids is 1. The van der Waals surface area contributed by atoms with Gasteiger partial charge in [0.1, 0.15) is 23.4 Å². The molecule has 0 bridgehead atoms. The zero-order valence-electron chi connectivity index (χ0n) is 18.4. The molecule has 1 N–H and O–H groups in total. The summed E-state index contributed by atoms with van der Waals surface area (Å²) in [7, 11) is 1.33. The van der Waals surface area contributed by atoms with Crippen molar-refractivity contribution in [3.63, 3.8) is 0 Å². The van der Waals surface area contributed by atoms with Crippen molar-refractivity contribution in [3.05, 3.63) is 80.6 Å². The van der Waals surface area contributed by atoms with Crippen LogP contribution in [0, 0.1) is 18.6 Å². The predicted octanol–water partition coefficient (Wildman–Crippen LogP) is 5.45. The van der Waals surface area contributed by atoms with Crippen LogP contribution in [0.5, 0.6) is 5.75 Å². The average molecular weight is 511 g/mol. The number of hydrogen-bond donors (Lipinski definition) is 1.